The predicted octanol–water partition coefficient (Wildman–Crippen LogP) is 0.831. The lowest BCUT2D eigenvalue weighted by atomic mass is 10.2. The Morgan fingerprint density at radius 3 is 3.04 bits per heavy atom. The molecular formula is C16H21N3O4. The van der Waals surface area contributed by atoms with Gasteiger partial charge in [-0.15, -0.1) is 0 Å². The normalized spacial score (nSPS) is 17.2. The molecule has 2 N–H and O–H groups in total. The van der Waals surface area contributed by atoms with Crippen molar-refractivity contribution in [2.45, 2.75) is 25.9 Å². The van der Waals surface area contributed by atoms with Gasteiger partial charge < -0.3 is 14.8 Å². The minimum Gasteiger partial charge on any atom is -0.494 e. The van der Waals surface area contributed by atoms with Crippen LogP contribution in [0.4, 0.5) is 0 Å². The quantitative estimate of drug-likeness (QED) is 0.462. The Morgan fingerprint density at radius 2 is 2.30 bits per heavy atom. The zero-order valence-electron chi connectivity index (χ0n) is 13.1. The minimum absolute atomic E-state index is 0.00319. The number of hydrazone groups is 1. The van der Waals surface area contributed by atoms with Gasteiger partial charge in [-0.25, -0.2) is 5.43 Å². The standard InChI is InChI=1S/C16H21N3O4/c1-2-22-13-6-3-5-12(9-13)10-18-19-16(21)15(20)17-11-14-7-4-8-23-14/h3,5-6,9-10,14H,2,4,7-8,11H2,1H3,(H,17,20)(H,19,21)/b18-10-/t14-/m0/s1. The van der Waals surface area contributed by atoms with E-state index in [1.165, 1.54) is 6.21 Å². The van der Waals surface area contributed by atoms with Gasteiger partial charge in [0.15, 0.2) is 0 Å². The number of ether oxygens (including phenoxy) is 2. The zero-order valence-corrected chi connectivity index (χ0v) is 13.1. The van der Waals surface area contributed by atoms with Crippen molar-refractivity contribution >= 4 is 18.0 Å². The third-order valence-electron chi connectivity index (χ3n) is 3.27. The molecule has 0 radical (unpaired) electrons. The number of carbonyl (C=O) groups is 2. The molecule has 1 atom stereocenters. The fourth-order valence-electron chi connectivity index (χ4n) is 2.16. The molecule has 2 amide bonds. The number of nitrogens with one attached hydrogen (secondary N) is 2. The van der Waals surface area contributed by atoms with Gasteiger partial charge in [0.1, 0.15) is 5.75 Å². The van der Waals surface area contributed by atoms with Gasteiger partial charge >= 0.3 is 11.8 Å². The first kappa shape index (κ1) is 17.0. The Hall–Kier alpha value is -2.41. The van der Waals surface area contributed by atoms with Crippen LogP contribution in [0.3, 0.4) is 0 Å². The van der Waals surface area contributed by atoms with Crippen LogP contribution in [-0.2, 0) is 14.3 Å². The lowest BCUT2D eigenvalue weighted by Gasteiger charge is -2.09. The van der Waals surface area contributed by atoms with E-state index in [2.05, 4.69) is 15.8 Å². The number of hydrogen-bond acceptors (Lipinski definition) is 5. The Balaban J connectivity index is 1.76. The van der Waals surface area contributed by atoms with E-state index in [1.807, 2.05) is 25.1 Å². The number of hydrogen-bond donors (Lipinski definition) is 2. The summed E-state index contributed by atoms with van der Waals surface area (Å²) >= 11 is 0. The lowest BCUT2D eigenvalue weighted by molar-refractivity contribution is -0.139. The zero-order chi connectivity index (χ0) is 16.5. The topological polar surface area (TPSA) is 89.0 Å². The van der Waals surface area contributed by atoms with Crippen LogP contribution < -0.4 is 15.5 Å². The van der Waals surface area contributed by atoms with Crippen molar-refractivity contribution in [1.29, 1.82) is 0 Å². The van der Waals surface area contributed by atoms with Crippen LogP contribution in [-0.4, -0.2) is 43.9 Å². The average molecular weight is 319 g/mol. The highest BCUT2D eigenvalue weighted by molar-refractivity contribution is 6.35. The smallest absolute Gasteiger partial charge is 0.329 e. The molecule has 1 aliphatic heterocycles. The SMILES string of the molecule is CCOc1cccc(/C=N\NC(=O)C(=O)NC[C@@H]2CCCO2)c1. The molecule has 1 fully saturated rings. The molecule has 1 aliphatic rings. The van der Waals surface area contributed by atoms with Gasteiger partial charge in [0.05, 0.1) is 18.9 Å². The molecule has 0 bridgehead atoms. The molecule has 23 heavy (non-hydrogen) atoms. The van der Waals surface area contributed by atoms with E-state index < -0.39 is 11.8 Å². The van der Waals surface area contributed by atoms with Gasteiger partial charge in [0.25, 0.3) is 0 Å². The molecule has 0 aliphatic carbocycles. The molecule has 0 aromatic heterocycles. The highest BCUT2D eigenvalue weighted by atomic mass is 16.5. The number of carbonyl (C=O) groups excluding carboxylic acids is 2. The number of nitrogens with zero attached hydrogens (tertiary/aromatic N) is 1. The monoisotopic (exact) mass is 319 g/mol. The summed E-state index contributed by atoms with van der Waals surface area (Å²) in [6, 6.07) is 7.26. The second-order valence-corrected chi connectivity index (χ2v) is 5.05. The fraction of sp³-hybridized carbons (Fsp3) is 0.438. The molecule has 0 spiro atoms. The van der Waals surface area contributed by atoms with Crippen LogP contribution in [0.1, 0.15) is 25.3 Å². The van der Waals surface area contributed by atoms with Crippen LogP contribution >= 0.6 is 0 Å². The molecule has 7 nitrogen and oxygen atoms in total. The Labute approximate surface area is 135 Å². The highest BCUT2D eigenvalue weighted by Crippen LogP contribution is 2.11. The van der Waals surface area contributed by atoms with Crippen LogP contribution in [0.15, 0.2) is 29.4 Å². The van der Waals surface area contributed by atoms with Gasteiger partial charge in [-0.1, -0.05) is 12.1 Å². The Bertz CT molecular complexity index is 568. The van der Waals surface area contributed by atoms with Crippen molar-refractivity contribution in [2.24, 2.45) is 5.10 Å². The maximum atomic E-state index is 11.6. The van der Waals surface area contributed by atoms with E-state index in [0.717, 1.165) is 24.2 Å². The summed E-state index contributed by atoms with van der Waals surface area (Å²) < 4.78 is 10.7. The first-order valence-corrected chi connectivity index (χ1v) is 7.64. The molecule has 7 heteroatoms. The third-order valence-corrected chi connectivity index (χ3v) is 3.27. The van der Waals surface area contributed by atoms with Crippen LogP contribution in [0, 0.1) is 0 Å². The van der Waals surface area contributed by atoms with Gasteiger partial charge in [0, 0.05) is 13.2 Å². The number of amides is 2. The van der Waals surface area contributed by atoms with Crippen molar-refractivity contribution < 1.29 is 19.1 Å². The average Bonchev–Trinajstić information content (AvgIpc) is 3.06. The molecule has 1 aromatic rings. The van der Waals surface area contributed by atoms with Crippen LogP contribution in [0.2, 0.25) is 0 Å². The van der Waals surface area contributed by atoms with Crippen LogP contribution in [0.25, 0.3) is 0 Å². The largest absolute Gasteiger partial charge is 0.494 e. The third kappa shape index (κ3) is 5.71. The van der Waals surface area contributed by atoms with E-state index in [-0.39, 0.29) is 6.10 Å². The summed E-state index contributed by atoms with van der Waals surface area (Å²) in [7, 11) is 0. The first-order valence-electron chi connectivity index (χ1n) is 7.64. The molecule has 2 rings (SSSR count). The van der Waals surface area contributed by atoms with E-state index >= 15 is 0 Å². The van der Waals surface area contributed by atoms with Crippen molar-refractivity contribution in [2.75, 3.05) is 19.8 Å². The summed E-state index contributed by atoms with van der Waals surface area (Å²) in [5, 5.41) is 6.30. The predicted molar refractivity (Wildman–Crippen MR) is 85.3 cm³/mol. The van der Waals surface area contributed by atoms with E-state index in [9.17, 15) is 9.59 Å². The van der Waals surface area contributed by atoms with E-state index in [1.54, 1.807) is 6.07 Å². The molecule has 1 saturated heterocycles. The van der Waals surface area contributed by atoms with Crippen LogP contribution in [0.5, 0.6) is 5.75 Å². The van der Waals surface area contributed by atoms with E-state index in [4.69, 9.17) is 9.47 Å². The Morgan fingerprint density at radius 1 is 1.43 bits per heavy atom. The molecular weight excluding hydrogens is 298 g/mol. The van der Waals surface area contributed by atoms with Crippen molar-refractivity contribution in [3.63, 3.8) is 0 Å². The summed E-state index contributed by atoms with van der Waals surface area (Å²) in [5.74, 6) is -0.807. The second-order valence-electron chi connectivity index (χ2n) is 5.05. The number of benzene rings is 1. The Kier molecular flexibility index (Phi) is 6.56. The summed E-state index contributed by atoms with van der Waals surface area (Å²) in [5.41, 5.74) is 2.95. The number of rotatable bonds is 6. The summed E-state index contributed by atoms with van der Waals surface area (Å²) in [6.07, 6.45) is 3.33. The van der Waals surface area contributed by atoms with Crippen molar-refractivity contribution in [3.8, 4) is 5.75 Å². The fourth-order valence-corrected chi connectivity index (χ4v) is 2.16. The molecule has 1 aromatic carbocycles. The molecule has 1 heterocycles. The minimum atomic E-state index is -0.805. The maximum Gasteiger partial charge on any atom is 0.329 e. The van der Waals surface area contributed by atoms with Crippen molar-refractivity contribution in [1.82, 2.24) is 10.7 Å². The molecule has 0 saturated carbocycles. The van der Waals surface area contributed by atoms with Gasteiger partial charge in [-0.2, -0.15) is 5.10 Å². The lowest BCUT2D eigenvalue weighted by Crippen LogP contribution is -2.41. The van der Waals surface area contributed by atoms with Crippen molar-refractivity contribution in [3.05, 3.63) is 29.8 Å². The van der Waals surface area contributed by atoms with Gasteiger partial charge in [-0.05, 0) is 37.5 Å². The highest BCUT2D eigenvalue weighted by Gasteiger charge is 2.18. The second kappa shape index (κ2) is 8.89. The first-order chi connectivity index (χ1) is 11.2. The summed E-state index contributed by atoms with van der Waals surface area (Å²) in [6.45, 7) is 3.52. The molecule has 124 valence electrons. The maximum absolute atomic E-state index is 11.6. The van der Waals surface area contributed by atoms with Gasteiger partial charge in [0.2, 0.25) is 0 Å². The summed E-state index contributed by atoms with van der Waals surface area (Å²) in [4.78, 5) is 23.2. The van der Waals surface area contributed by atoms with Gasteiger partial charge in [-0.3, -0.25) is 9.59 Å². The molecule has 0 unspecified atom stereocenters. The van der Waals surface area contributed by atoms with E-state index in [0.29, 0.717) is 19.8 Å².